The molecule has 0 aliphatic carbocycles. The predicted molar refractivity (Wildman–Crippen MR) is 169 cm³/mol. The Morgan fingerprint density at radius 3 is 2.45 bits per heavy atom. The largest absolute Gasteiger partial charge is 0.496 e. The van der Waals surface area contributed by atoms with Gasteiger partial charge in [-0.3, -0.25) is 14.4 Å². The second-order valence-corrected chi connectivity index (χ2v) is 11.0. The van der Waals surface area contributed by atoms with Crippen molar-refractivity contribution < 1.29 is 19.1 Å². The molecule has 0 fully saturated rings. The van der Waals surface area contributed by atoms with E-state index in [1.165, 1.54) is 0 Å². The van der Waals surface area contributed by atoms with E-state index >= 15 is 0 Å². The molecule has 1 aliphatic heterocycles. The summed E-state index contributed by atoms with van der Waals surface area (Å²) < 4.78 is 6.67. The molecule has 0 spiro atoms. The summed E-state index contributed by atoms with van der Waals surface area (Å²) in [6.45, 7) is 1.80. The van der Waals surface area contributed by atoms with Crippen molar-refractivity contribution in [2.24, 2.45) is 0 Å². The van der Waals surface area contributed by atoms with Crippen LogP contribution >= 0.6 is 15.9 Å². The summed E-state index contributed by atoms with van der Waals surface area (Å²) in [5.74, 6) is -0.388. The molecule has 1 heterocycles. The summed E-state index contributed by atoms with van der Waals surface area (Å²) >= 11 is 3.54. The average Bonchev–Trinajstić information content (AvgIpc) is 3.11. The minimum Gasteiger partial charge on any atom is -0.496 e. The first kappa shape index (κ1) is 29.1. The maximum atomic E-state index is 14.4. The second-order valence-electron chi connectivity index (χ2n) is 10.1. The molecule has 9 nitrogen and oxygen atoms in total. The summed E-state index contributed by atoms with van der Waals surface area (Å²) in [7, 11) is 3.26. The summed E-state index contributed by atoms with van der Waals surface area (Å²) in [6, 6.07) is 22.1. The highest BCUT2D eigenvalue weighted by Crippen LogP contribution is 2.38. The number of amides is 3. The standard InChI is InChI=1S/C32H32BrN5O4/c1-19(35-2)30(39)36-26-18-38(31(40)20-8-12-23(34)13-9-20)28-7-5-4-6-27(28)37(32(26)41)17-25-24-14-11-22(33)16-21(24)10-15-29(25)42-3/h4-16,19,26,35H,17-18,34H2,1-3H3,(H,36,39)/t19-,26?/m0/s1. The molecule has 0 aromatic heterocycles. The number of nitrogens with one attached hydrogen (secondary N) is 2. The van der Waals surface area contributed by atoms with Crippen LogP contribution in [0.1, 0.15) is 22.8 Å². The van der Waals surface area contributed by atoms with Crippen LogP contribution in [0.2, 0.25) is 0 Å². The lowest BCUT2D eigenvalue weighted by Crippen LogP contribution is -2.55. The number of nitrogens with two attached hydrogens (primary N) is 1. The van der Waals surface area contributed by atoms with E-state index in [2.05, 4.69) is 26.6 Å². The monoisotopic (exact) mass is 629 g/mol. The van der Waals surface area contributed by atoms with Gasteiger partial charge in [-0.1, -0.05) is 40.2 Å². The molecule has 42 heavy (non-hydrogen) atoms. The van der Waals surface area contributed by atoms with Crippen LogP contribution in [-0.2, 0) is 16.1 Å². The van der Waals surface area contributed by atoms with Gasteiger partial charge in [0.1, 0.15) is 11.8 Å². The van der Waals surface area contributed by atoms with Gasteiger partial charge < -0.3 is 30.9 Å². The number of anilines is 3. The van der Waals surface area contributed by atoms with E-state index in [-0.39, 0.29) is 30.8 Å². The Bertz CT molecular complexity index is 1660. The van der Waals surface area contributed by atoms with Crippen LogP contribution in [0.15, 0.2) is 83.3 Å². The van der Waals surface area contributed by atoms with Gasteiger partial charge in [-0.05, 0) is 79.3 Å². The maximum Gasteiger partial charge on any atom is 0.258 e. The molecular formula is C32H32BrN5O4. The number of hydrogen-bond donors (Lipinski definition) is 3. The number of methoxy groups -OCH3 is 1. The third kappa shape index (κ3) is 5.68. The van der Waals surface area contributed by atoms with Crippen LogP contribution in [0.25, 0.3) is 10.8 Å². The van der Waals surface area contributed by atoms with Crippen molar-refractivity contribution in [3.8, 4) is 5.75 Å². The number of benzene rings is 4. The molecular weight excluding hydrogens is 598 g/mol. The fourth-order valence-corrected chi connectivity index (χ4v) is 5.49. The van der Waals surface area contributed by atoms with Gasteiger partial charge in [0.25, 0.3) is 11.8 Å². The molecule has 4 N–H and O–H groups in total. The predicted octanol–water partition coefficient (Wildman–Crippen LogP) is 4.48. The summed E-state index contributed by atoms with van der Waals surface area (Å²) in [4.78, 5) is 44.5. The van der Waals surface area contributed by atoms with Crippen LogP contribution in [0.3, 0.4) is 0 Å². The molecule has 4 aromatic rings. The van der Waals surface area contributed by atoms with Crippen molar-refractivity contribution in [1.29, 1.82) is 0 Å². The van der Waals surface area contributed by atoms with E-state index in [0.717, 1.165) is 20.8 Å². The average molecular weight is 631 g/mol. The van der Waals surface area contributed by atoms with Crippen LogP contribution in [-0.4, -0.2) is 50.5 Å². The quantitative estimate of drug-likeness (QED) is 0.260. The second kappa shape index (κ2) is 12.2. The number of halogens is 1. The van der Waals surface area contributed by atoms with Gasteiger partial charge >= 0.3 is 0 Å². The van der Waals surface area contributed by atoms with Crippen LogP contribution < -0.4 is 30.9 Å². The number of para-hydroxylation sites is 2. The van der Waals surface area contributed by atoms with Crippen molar-refractivity contribution in [1.82, 2.24) is 10.6 Å². The van der Waals surface area contributed by atoms with Crippen molar-refractivity contribution in [3.05, 3.63) is 94.5 Å². The fraction of sp³-hybridized carbons (Fsp3) is 0.219. The van der Waals surface area contributed by atoms with Gasteiger partial charge in [0.2, 0.25) is 5.91 Å². The molecule has 3 amide bonds. The first-order chi connectivity index (χ1) is 20.2. The number of likely N-dealkylation sites (N-methyl/N-ethyl adjacent to an activating group) is 1. The highest BCUT2D eigenvalue weighted by molar-refractivity contribution is 9.10. The molecule has 0 bridgehead atoms. The van der Waals surface area contributed by atoms with Crippen molar-refractivity contribution in [3.63, 3.8) is 0 Å². The first-order valence-corrected chi connectivity index (χ1v) is 14.3. The Labute approximate surface area is 252 Å². The van der Waals surface area contributed by atoms with E-state index in [4.69, 9.17) is 10.5 Å². The molecule has 0 saturated carbocycles. The first-order valence-electron chi connectivity index (χ1n) is 13.5. The molecule has 0 saturated heterocycles. The number of carbonyl (C=O) groups is 3. The van der Waals surface area contributed by atoms with E-state index in [1.807, 2.05) is 54.6 Å². The molecule has 5 rings (SSSR count). The number of fused-ring (bicyclic) bond motifs is 2. The Balaban J connectivity index is 1.65. The van der Waals surface area contributed by atoms with E-state index < -0.39 is 12.1 Å². The topological polar surface area (TPSA) is 117 Å². The van der Waals surface area contributed by atoms with Gasteiger partial charge in [-0.15, -0.1) is 0 Å². The zero-order chi connectivity index (χ0) is 30.0. The SMILES string of the molecule is CN[C@@H](C)C(=O)NC1CN(C(=O)c2ccc(N)cc2)c2ccccc2N(Cc2c(OC)ccc3cc(Br)ccc23)C1=O. The van der Waals surface area contributed by atoms with Crippen molar-refractivity contribution in [2.75, 3.05) is 36.2 Å². The minimum absolute atomic E-state index is 0.0582. The lowest BCUT2D eigenvalue weighted by Gasteiger charge is -2.27. The van der Waals surface area contributed by atoms with Gasteiger partial charge in [0.05, 0.1) is 37.6 Å². The Hall–Kier alpha value is -4.41. The zero-order valence-electron chi connectivity index (χ0n) is 23.6. The van der Waals surface area contributed by atoms with Crippen LogP contribution in [0, 0.1) is 0 Å². The van der Waals surface area contributed by atoms with Crippen LogP contribution in [0.4, 0.5) is 17.1 Å². The van der Waals surface area contributed by atoms with Gasteiger partial charge in [-0.2, -0.15) is 0 Å². The molecule has 4 aromatic carbocycles. The fourth-order valence-electron chi connectivity index (χ4n) is 5.12. The van der Waals surface area contributed by atoms with Gasteiger partial charge in [0, 0.05) is 21.3 Å². The number of nitrogens with zero attached hydrogens (tertiary/aromatic N) is 2. The number of hydrogen-bond acceptors (Lipinski definition) is 6. The molecule has 1 unspecified atom stereocenters. The van der Waals surface area contributed by atoms with Gasteiger partial charge in [-0.25, -0.2) is 0 Å². The maximum absolute atomic E-state index is 14.4. The zero-order valence-corrected chi connectivity index (χ0v) is 25.1. The Kier molecular flexibility index (Phi) is 8.46. The number of nitrogen functional groups attached to an aromatic ring is 1. The molecule has 1 aliphatic rings. The summed E-state index contributed by atoms with van der Waals surface area (Å²) in [6.07, 6.45) is 0. The van der Waals surface area contributed by atoms with E-state index in [9.17, 15) is 14.4 Å². The lowest BCUT2D eigenvalue weighted by molar-refractivity contribution is -0.128. The van der Waals surface area contributed by atoms with Crippen molar-refractivity contribution in [2.45, 2.75) is 25.6 Å². The molecule has 2 atom stereocenters. The third-order valence-corrected chi connectivity index (χ3v) is 8.02. The van der Waals surface area contributed by atoms with E-state index in [0.29, 0.717) is 28.4 Å². The third-order valence-electron chi connectivity index (χ3n) is 7.52. The normalized spacial score (nSPS) is 15.6. The molecule has 0 radical (unpaired) electrons. The Morgan fingerprint density at radius 2 is 1.76 bits per heavy atom. The highest BCUT2D eigenvalue weighted by atomic mass is 79.9. The smallest absolute Gasteiger partial charge is 0.258 e. The summed E-state index contributed by atoms with van der Waals surface area (Å²) in [5.41, 5.74) is 8.70. The number of rotatable bonds is 7. The van der Waals surface area contributed by atoms with E-state index in [1.54, 1.807) is 55.1 Å². The minimum atomic E-state index is -1.02. The molecule has 216 valence electrons. The van der Waals surface area contributed by atoms with Crippen molar-refractivity contribution >= 4 is 61.5 Å². The number of ether oxygens (including phenoxy) is 1. The number of carbonyl (C=O) groups excluding carboxylic acids is 3. The molecule has 10 heteroatoms. The van der Waals surface area contributed by atoms with Gasteiger partial charge in [0.15, 0.2) is 0 Å². The summed E-state index contributed by atoms with van der Waals surface area (Å²) in [5, 5.41) is 7.69. The Morgan fingerprint density at radius 1 is 1.05 bits per heavy atom. The highest BCUT2D eigenvalue weighted by Gasteiger charge is 2.38. The lowest BCUT2D eigenvalue weighted by atomic mass is 10.0. The van der Waals surface area contributed by atoms with Crippen LogP contribution in [0.5, 0.6) is 5.75 Å².